The fourth-order valence-corrected chi connectivity index (χ4v) is 3.81. The Kier molecular flexibility index (Phi) is 10.6. The Balaban J connectivity index is 1.82. The molecule has 2 aromatic carbocycles. The van der Waals surface area contributed by atoms with E-state index in [-0.39, 0.29) is 37.6 Å². The van der Waals surface area contributed by atoms with Crippen molar-refractivity contribution in [3.8, 4) is 11.5 Å². The molecule has 0 amide bonds. The summed E-state index contributed by atoms with van der Waals surface area (Å²) in [7, 11) is 0. The van der Waals surface area contributed by atoms with Gasteiger partial charge in [0, 0.05) is 0 Å². The lowest BCUT2D eigenvalue weighted by molar-refractivity contribution is -0.304. The summed E-state index contributed by atoms with van der Waals surface area (Å²) in [5.74, 6) is -1.44. The minimum atomic E-state index is -1.55. The van der Waals surface area contributed by atoms with Crippen molar-refractivity contribution in [1.82, 2.24) is 0 Å². The number of aromatic hydroxyl groups is 2. The standard InChI is InChI=1S/C27H32O11/c1-16(10-11-28)15-35-27-26(38-23(33)13-18-4-8-20(31)9-5-18)25(24(34)21(14-29)36-27)37-22(32)12-17-2-6-19(30)7-3-17/h2-10,21,24-31,34H,11-15H2,1H3. The van der Waals surface area contributed by atoms with E-state index in [1.54, 1.807) is 6.92 Å². The number of hydrogen-bond acceptors (Lipinski definition) is 11. The molecule has 0 saturated carbocycles. The molecule has 1 aliphatic rings. The van der Waals surface area contributed by atoms with Crippen molar-refractivity contribution in [3.63, 3.8) is 0 Å². The summed E-state index contributed by atoms with van der Waals surface area (Å²) >= 11 is 0. The molecule has 206 valence electrons. The normalized spacial score (nSPS) is 23.6. The van der Waals surface area contributed by atoms with Gasteiger partial charge in [0.25, 0.3) is 0 Å². The minimum absolute atomic E-state index is 0.0268. The fraction of sp³-hybridized carbons (Fsp3) is 0.407. The van der Waals surface area contributed by atoms with Crippen LogP contribution in [0.1, 0.15) is 18.1 Å². The zero-order chi connectivity index (χ0) is 27.7. The molecule has 0 spiro atoms. The first-order chi connectivity index (χ1) is 18.2. The first kappa shape index (κ1) is 29.1. The third-order valence-corrected chi connectivity index (χ3v) is 5.82. The molecule has 2 aromatic rings. The number of ether oxygens (including phenoxy) is 4. The van der Waals surface area contributed by atoms with Crippen LogP contribution in [0.5, 0.6) is 11.5 Å². The lowest BCUT2D eigenvalue weighted by atomic mass is 9.98. The monoisotopic (exact) mass is 532 g/mol. The zero-order valence-electron chi connectivity index (χ0n) is 20.8. The van der Waals surface area contributed by atoms with Crippen LogP contribution >= 0.6 is 0 Å². The highest BCUT2D eigenvalue weighted by molar-refractivity contribution is 5.74. The van der Waals surface area contributed by atoms with Crippen LogP contribution in [0.3, 0.4) is 0 Å². The van der Waals surface area contributed by atoms with E-state index in [2.05, 4.69) is 0 Å². The lowest BCUT2D eigenvalue weighted by Gasteiger charge is -2.42. The van der Waals surface area contributed by atoms with Gasteiger partial charge >= 0.3 is 11.9 Å². The molecule has 0 bridgehead atoms. The topological polar surface area (TPSA) is 172 Å². The summed E-state index contributed by atoms with van der Waals surface area (Å²) in [5.41, 5.74) is 1.71. The smallest absolute Gasteiger partial charge is 0.310 e. The summed E-state index contributed by atoms with van der Waals surface area (Å²) < 4.78 is 22.6. The van der Waals surface area contributed by atoms with E-state index in [1.165, 1.54) is 54.6 Å². The van der Waals surface area contributed by atoms with Gasteiger partial charge < -0.3 is 44.5 Å². The first-order valence-electron chi connectivity index (χ1n) is 12.0. The van der Waals surface area contributed by atoms with E-state index < -0.39 is 49.3 Å². The van der Waals surface area contributed by atoms with Gasteiger partial charge in [-0.05, 0) is 47.9 Å². The summed E-state index contributed by atoms with van der Waals surface area (Å²) in [5, 5.41) is 48.6. The average Bonchev–Trinajstić information content (AvgIpc) is 2.88. The van der Waals surface area contributed by atoms with Gasteiger partial charge in [-0.1, -0.05) is 30.3 Å². The molecule has 3 rings (SSSR count). The molecular formula is C27H32O11. The fourth-order valence-electron chi connectivity index (χ4n) is 3.81. The van der Waals surface area contributed by atoms with Gasteiger partial charge in [0.05, 0.1) is 32.7 Å². The van der Waals surface area contributed by atoms with Crippen LogP contribution < -0.4 is 0 Å². The Morgan fingerprint density at radius 2 is 1.37 bits per heavy atom. The van der Waals surface area contributed by atoms with E-state index in [0.29, 0.717) is 16.7 Å². The highest BCUT2D eigenvalue weighted by Gasteiger charge is 2.50. The van der Waals surface area contributed by atoms with Crippen molar-refractivity contribution in [2.45, 2.75) is 50.5 Å². The Labute approximate surface area is 219 Å². The van der Waals surface area contributed by atoms with Gasteiger partial charge in [0.15, 0.2) is 18.5 Å². The molecule has 11 heteroatoms. The Morgan fingerprint density at radius 3 is 1.84 bits per heavy atom. The summed E-state index contributed by atoms with van der Waals surface area (Å²) in [6, 6.07) is 11.8. The number of aliphatic hydroxyl groups excluding tert-OH is 3. The van der Waals surface area contributed by atoms with Crippen LogP contribution in [-0.4, -0.2) is 88.0 Å². The van der Waals surface area contributed by atoms with Gasteiger partial charge in [-0.25, -0.2) is 0 Å². The van der Waals surface area contributed by atoms with E-state index >= 15 is 0 Å². The second-order valence-electron chi connectivity index (χ2n) is 8.86. The van der Waals surface area contributed by atoms with Gasteiger partial charge in [-0.15, -0.1) is 0 Å². The van der Waals surface area contributed by atoms with E-state index in [0.717, 1.165) is 0 Å². The number of benzene rings is 2. The second-order valence-corrected chi connectivity index (χ2v) is 8.86. The Bertz CT molecular complexity index is 1080. The predicted molar refractivity (Wildman–Crippen MR) is 132 cm³/mol. The van der Waals surface area contributed by atoms with Crippen molar-refractivity contribution in [1.29, 1.82) is 0 Å². The van der Waals surface area contributed by atoms with Crippen molar-refractivity contribution in [3.05, 3.63) is 71.3 Å². The number of rotatable bonds is 11. The minimum Gasteiger partial charge on any atom is -0.508 e. The first-order valence-corrected chi connectivity index (χ1v) is 12.0. The van der Waals surface area contributed by atoms with E-state index in [4.69, 9.17) is 24.1 Å². The van der Waals surface area contributed by atoms with Crippen LogP contribution in [0.15, 0.2) is 60.2 Å². The van der Waals surface area contributed by atoms with Gasteiger partial charge in [-0.2, -0.15) is 0 Å². The largest absolute Gasteiger partial charge is 0.508 e. The van der Waals surface area contributed by atoms with E-state index in [1.807, 2.05) is 0 Å². The molecule has 5 atom stereocenters. The predicted octanol–water partition coefficient (Wildman–Crippen LogP) is 0.740. The van der Waals surface area contributed by atoms with Crippen LogP contribution in [0.4, 0.5) is 0 Å². The highest BCUT2D eigenvalue weighted by atomic mass is 16.7. The SMILES string of the molecule is CC(=CCO)COC1OC(CO)C(O)C(OC(=O)Cc2ccc(O)cc2)C1OC(=O)Cc1ccc(O)cc1. The molecule has 1 fully saturated rings. The number of phenolic OH excluding ortho intramolecular Hbond substituents is 2. The second kappa shape index (κ2) is 13.9. The third kappa shape index (κ3) is 8.27. The van der Waals surface area contributed by atoms with E-state index in [9.17, 15) is 30.0 Å². The Hall–Kier alpha value is -3.48. The third-order valence-electron chi connectivity index (χ3n) is 5.82. The summed E-state index contributed by atoms with van der Waals surface area (Å²) in [4.78, 5) is 25.6. The molecule has 0 aromatic heterocycles. The molecule has 38 heavy (non-hydrogen) atoms. The van der Waals surface area contributed by atoms with Crippen molar-refractivity contribution in [2.24, 2.45) is 0 Å². The number of carbonyl (C=O) groups excluding carboxylic acids is 2. The quantitative estimate of drug-likeness (QED) is 0.204. The van der Waals surface area contributed by atoms with Gasteiger partial charge in [0.1, 0.15) is 23.7 Å². The number of hydrogen-bond donors (Lipinski definition) is 5. The molecular weight excluding hydrogens is 500 g/mol. The van der Waals surface area contributed by atoms with Crippen LogP contribution in [0.2, 0.25) is 0 Å². The van der Waals surface area contributed by atoms with Gasteiger partial charge in [0.2, 0.25) is 0 Å². The number of carbonyl (C=O) groups is 2. The summed E-state index contributed by atoms with van der Waals surface area (Å²) in [6.07, 6.45) is -5.82. The zero-order valence-corrected chi connectivity index (χ0v) is 20.8. The van der Waals surface area contributed by atoms with Crippen molar-refractivity contribution < 1.29 is 54.1 Å². The van der Waals surface area contributed by atoms with Crippen LogP contribution in [0, 0.1) is 0 Å². The summed E-state index contributed by atoms with van der Waals surface area (Å²) in [6.45, 7) is 0.798. The molecule has 5 N–H and O–H groups in total. The molecule has 0 radical (unpaired) electrons. The highest BCUT2D eigenvalue weighted by Crippen LogP contribution is 2.28. The Morgan fingerprint density at radius 1 is 0.868 bits per heavy atom. The number of phenols is 2. The maximum absolute atomic E-state index is 12.8. The van der Waals surface area contributed by atoms with Crippen LogP contribution in [-0.2, 0) is 41.4 Å². The molecule has 0 aliphatic carbocycles. The van der Waals surface area contributed by atoms with Crippen molar-refractivity contribution in [2.75, 3.05) is 19.8 Å². The lowest BCUT2D eigenvalue weighted by Crippen LogP contribution is -2.62. The van der Waals surface area contributed by atoms with Gasteiger partial charge in [-0.3, -0.25) is 9.59 Å². The number of esters is 2. The molecule has 1 aliphatic heterocycles. The number of aliphatic hydroxyl groups is 3. The molecule has 11 nitrogen and oxygen atoms in total. The molecule has 1 saturated heterocycles. The molecule has 5 unspecified atom stereocenters. The molecule has 1 heterocycles. The maximum Gasteiger partial charge on any atom is 0.310 e. The maximum atomic E-state index is 12.8. The average molecular weight is 533 g/mol. The van der Waals surface area contributed by atoms with Crippen molar-refractivity contribution >= 4 is 11.9 Å². The van der Waals surface area contributed by atoms with Crippen LogP contribution in [0.25, 0.3) is 0 Å².